The molecule has 1 heterocycles. The molecule has 0 N–H and O–H groups in total. The van der Waals surface area contributed by atoms with E-state index >= 15 is 0 Å². The average molecular weight is 317 g/mol. The fraction of sp³-hybridized carbons (Fsp3) is 0.143. The topological polar surface area (TPSA) is 30.0 Å². The minimum Gasteiger partial charge on any atom is -0.274 e. The van der Waals surface area contributed by atoms with Crippen molar-refractivity contribution < 1.29 is 13.6 Å². The second kappa shape index (κ2) is 4.28. The first kappa shape index (κ1) is 10.8. The van der Waals surface area contributed by atoms with E-state index < -0.39 is 17.2 Å². The molecular weight excluding hydrogens is 314 g/mol. The lowest BCUT2D eigenvalue weighted by Crippen LogP contribution is -2.02. The van der Waals surface area contributed by atoms with Gasteiger partial charge < -0.3 is 0 Å². The summed E-state index contributed by atoms with van der Waals surface area (Å²) in [5, 5.41) is -0.966. The number of rotatable bonds is 2. The van der Waals surface area contributed by atoms with E-state index in [2.05, 4.69) is 4.98 Å². The molecule has 0 unspecified atom stereocenters. The fourth-order valence-corrected chi connectivity index (χ4v) is 1.42. The van der Waals surface area contributed by atoms with Crippen LogP contribution in [0.25, 0.3) is 0 Å². The lowest BCUT2D eigenvalue weighted by atomic mass is 10.2. The molecule has 1 aromatic rings. The van der Waals surface area contributed by atoms with Gasteiger partial charge in [0, 0.05) is 15.3 Å². The Morgan fingerprint density at radius 2 is 2.23 bits per heavy atom. The van der Waals surface area contributed by atoms with Crippen LogP contribution < -0.4 is 0 Å². The van der Waals surface area contributed by atoms with Crippen LogP contribution in [0.2, 0.25) is 0 Å². The number of alkyl halides is 2. The Bertz CT molecular complexity index is 345. The maximum atomic E-state index is 12.3. The van der Waals surface area contributed by atoms with Gasteiger partial charge in [-0.1, -0.05) is 0 Å². The number of nitrogens with zero attached hydrogens (tertiary/aromatic N) is 1. The maximum Gasteiger partial charge on any atom is 0.271 e. The van der Waals surface area contributed by atoms with E-state index in [0.717, 1.165) is 0 Å². The Morgan fingerprint density at radius 1 is 1.62 bits per heavy atom. The first-order valence-corrected chi connectivity index (χ1v) is 4.61. The number of carbonyl (C=O) groups is 1. The second-order valence-electron chi connectivity index (χ2n) is 2.17. The van der Waals surface area contributed by atoms with Crippen LogP contribution in [0, 0.1) is 3.57 Å². The largest absolute Gasteiger partial charge is 0.274 e. The van der Waals surface area contributed by atoms with Crippen molar-refractivity contribution in [1.82, 2.24) is 4.98 Å². The maximum absolute atomic E-state index is 12.3. The van der Waals surface area contributed by atoms with Crippen molar-refractivity contribution in [2.24, 2.45) is 0 Å². The third-order valence-corrected chi connectivity index (χ3v) is 2.07. The summed E-state index contributed by atoms with van der Waals surface area (Å²) in [5.74, 6) is 0. The predicted molar refractivity (Wildman–Crippen MR) is 52.1 cm³/mol. The number of pyridine rings is 1. The van der Waals surface area contributed by atoms with Crippen molar-refractivity contribution in [1.29, 1.82) is 0 Å². The highest BCUT2D eigenvalue weighted by Gasteiger charge is 2.18. The van der Waals surface area contributed by atoms with Crippen LogP contribution in [0.3, 0.4) is 0 Å². The van der Waals surface area contributed by atoms with Crippen LogP contribution >= 0.6 is 34.2 Å². The quantitative estimate of drug-likeness (QED) is 0.620. The van der Waals surface area contributed by atoms with Gasteiger partial charge in [0.1, 0.15) is 5.69 Å². The van der Waals surface area contributed by atoms with Gasteiger partial charge in [0.05, 0.1) is 0 Å². The third-order valence-electron chi connectivity index (χ3n) is 1.31. The van der Waals surface area contributed by atoms with E-state index in [0.29, 0.717) is 3.57 Å². The Balaban J connectivity index is 3.26. The van der Waals surface area contributed by atoms with Gasteiger partial charge in [0.2, 0.25) is 0 Å². The van der Waals surface area contributed by atoms with Crippen LogP contribution in [-0.4, -0.2) is 10.2 Å². The van der Waals surface area contributed by atoms with Crippen molar-refractivity contribution in [2.75, 3.05) is 0 Å². The van der Waals surface area contributed by atoms with Crippen molar-refractivity contribution in [3.8, 4) is 0 Å². The number of hydrogen-bond donors (Lipinski definition) is 0. The van der Waals surface area contributed by atoms with Crippen molar-refractivity contribution in [3.63, 3.8) is 0 Å². The summed E-state index contributed by atoms with van der Waals surface area (Å²) in [6, 6.07) is 1.19. The highest BCUT2D eigenvalue weighted by atomic mass is 127. The Morgan fingerprint density at radius 3 is 2.69 bits per heavy atom. The minimum absolute atomic E-state index is 0.378. The lowest BCUT2D eigenvalue weighted by molar-refractivity contribution is 0.106. The highest BCUT2D eigenvalue weighted by molar-refractivity contribution is 14.1. The Hall–Kier alpha value is -0.300. The van der Waals surface area contributed by atoms with Crippen LogP contribution in [-0.2, 0) is 0 Å². The molecule has 6 heteroatoms. The summed E-state index contributed by atoms with van der Waals surface area (Å²) in [7, 11) is 0. The van der Waals surface area contributed by atoms with Crippen LogP contribution in [0.15, 0.2) is 12.3 Å². The van der Waals surface area contributed by atoms with E-state index in [9.17, 15) is 13.6 Å². The fourth-order valence-electron chi connectivity index (χ4n) is 0.786. The van der Waals surface area contributed by atoms with Gasteiger partial charge >= 0.3 is 0 Å². The third kappa shape index (κ3) is 2.57. The molecule has 0 aliphatic carbocycles. The van der Waals surface area contributed by atoms with Gasteiger partial charge in [-0.3, -0.25) is 9.78 Å². The Labute approximate surface area is 91.4 Å². The van der Waals surface area contributed by atoms with Gasteiger partial charge in [-0.15, -0.1) is 0 Å². The predicted octanol–water partition coefficient (Wildman–Crippen LogP) is 3.00. The molecule has 0 aliphatic heterocycles. The zero-order valence-corrected chi connectivity index (χ0v) is 9.01. The van der Waals surface area contributed by atoms with Gasteiger partial charge in [-0.2, -0.15) is 0 Å². The monoisotopic (exact) mass is 317 g/mol. The van der Waals surface area contributed by atoms with Gasteiger partial charge in [0.25, 0.3) is 11.7 Å². The molecule has 1 rings (SSSR count). The first-order valence-electron chi connectivity index (χ1n) is 3.16. The molecule has 0 saturated heterocycles. The molecule has 0 bridgehead atoms. The molecule has 2 nitrogen and oxygen atoms in total. The number of halogens is 4. The average Bonchev–Trinajstić information content (AvgIpc) is 2.03. The lowest BCUT2D eigenvalue weighted by Gasteiger charge is -2.03. The molecule has 0 amide bonds. The van der Waals surface area contributed by atoms with Crippen molar-refractivity contribution in [3.05, 3.63) is 27.1 Å². The molecule has 0 aliphatic rings. The summed E-state index contributed by atoms with van der Waals surface area (Å²) < 4.78 is 25.2. The molecule has 0 atom stereocenters. The number of carbonyl (C=O) groups excluding carboxylic acids is 1. The van der Waals surface area contributed by atoms with Crippen LogP contribution in [0.5, 0.6) is 0 Å². The standard InChI is InChI=1S/C7H3ClF2INO/c8-6(13)5-4(7(9)10)1-3(11)2-12-5/h1-2,7H. The van der Waals surface area contributed by atoms with E-state index in [1.165, 1.54) is 12.3 Å². The Kier molecular flexibility index (Phi) is 3.55. The van der Waals surface area contributed by atoms with Crippen LogP contribution in [0.1, 0.15) is 22.5 Å². The molecule has 0 saturated carbocycles. The number of aromatic nitrogens is 1. The van der Waals surface area contributed by atoms with Gasteiger partial charge in [-0.25, -0.2) is 8.78 Å². The highest BCUT2D eigenvalue weighted by Crippen LogP contribution is 2.24. The van der Waals surface area contributed by atoms with Crippen molar-refractivity contribution in [2.45, 2.75) is 6.43 Å². The van der Waals surface area contributed by atoms with Crippen LogP contribution in [0.4, 0.5) is 8.78 Å². The smallest absolute Gasteiger partial charge is 0.271 e. The minimum atomic E-state index is -2.74. The first-order chi connectivity index (χ1) is 6.02. The molecule has 0 fully saturated rings. The van der Waals surface area contributed by atoms with E-state index in [1.807, 2.05) is 22.6 Å². The summed E-state index contributed by atoms with van der Waals surface area (Å²) in [6.07, 6.45) is -1.43. The van der Waals surface area contributed by atoms with E-state index in [4.69, 9.17) is 11.6 Å². The SMILES string of the molecule is O=C(Cl)c1ncc(I)cc1C(F)F. The summed E-state index contributed by atoms with van der Waals surface area (Å²) in [4.78, 5) is 14.2. The van der Waals surface area contributed by atoms with Crippen molar-refractivity contribution >= 4 is 39.4 Å². The zero-order chi connectivity index (χ0) is 10.0. The molecule has 0 aromatic carbocycles. The number of hydrogen-bond acceptors (Lipinski definition) is 2. The molecular formula is C7H3ClF2INO. The van der Waals surface area contributed by atoms with E-state index in [-0.39, 0.29) is 5.69 Å². The van der Waals surface area contributed by atoms with Gasteiger partial charge in [0.15, 0.2) is 0 Å². The second-order valence-corrected chi connectivity index (χ2v) is 3.75. The normalized spacial score (nSPS) is 10.5. The molecule has 13 heavy (non-hydrogen) atoms. The zero-order valence-electron chi connectivity index (χ0n) is 6.10. The summed E-state index contributed by atoms with van der Waals surface area (Å²) in [5.41, 5.74) is -0.802. The molecule has 1 aromatic heterocycles. The molecule has 0 spiro atoms. The van der Waals surface area contributed by atoms with Gasteiger partial charge in [-0.05, 0) is 40.3 Å². The molecule has 70 valence electrons. The summed E-state index contributed by atoms with van der Waals surface area (Å²) >= 11 is 6.90. The van der Waals surface area contributed by atoms with E-state index in [1.54, 1.807) is 0 Å². The molecule has 0 radical (unpaired) electrons. The summed E-state index contributed by atoms with van der Waals surface area (Å²) in [6.45, 7) is 0.